The standard InChI is InChI=1S/C17H17ClN6/c1-11-3-2-4-13(7-11)8-20-23-15-14-16(22-17(18)21-15)24(10-19-14)9-12-5-6-12/h2-4,7-8,10,12H,5-6,9H2,1H3,(H,21,22,23)/b20-8+. The van der Waals surface area contributed by atoms with Gasteiger partial charge in [-0.3, -0.25) is 5.43 Å². The molecule has 3 aromatic rings. The van der Waals surface area contributed by atoms with Crippen molar-refractivity contribution in [2.75, 3.05) is 5.43 Å². The highest BCUT2D eigenvalue weighted by atomic mass is 35.5. The summed E-state index contributed by atoms with van der Waals surface area (Å²) in [6.45, 7) is 2.97. The third kappa shape index (κ3) is 3.23. The quantitative estimate of drug-likeness (QED) is 0.437. The molecule has 7 heteroatoms. The van der Waals surface area contributed by atoms with E-state index in [2.05, 4.69) is 31.5 Å². The Kier molecular flexibility index (Phi) is 3.90. The SMILES string of the molecule is Cc1cccc(/C=N/Nc2nc(Cl)nc3c2ncn3CC2CC2)c1. The Labute approximate surface area is 144 Å². The topological polar surface area (TPSA) is 68.0 Å². The van der Waals surface area contributed by atoms with Crippen molar-refractivity contribution in [1.82, 2.24) is 19.5 Å². The summed E-state index contributed by atoms with van der Waals surface area (Å²) < 4.78 is 2.04. The Balaban J connectivity index is 1.60. The Morgan fingerprint density at radius 1 is 1.38 bits per heavy atom. The lowest BCUT2D eigenvalue weighted by Gasteiger charge is -2.04. The first-order valence-electron chi connectivity index (χ1n) is 7.93. The van der Waals surface area contributed by atoms with E-state index in [9.17, 15) is 0 Å². The Morgan fingerprint density at radius 3 is 3.04 bits per heavy atom. The van der Waals surface area contributed by atoms with Crippen LogP contribution in [0.5, 0.6) is 0 Å². The summed E-state index contributed by atoms with van der Waals surface area (Å²) in [7, 11) is 0. The molecule has 4 rings (SSSR count). The molecule has 0 saturated heterocycles. The molecule has 0 aliphatic heterocycles. The molecule has 122 valence electrons. The van der Waals surface area contributed by atoms with Crippen molar-refractivity contribution in [3.63, 3.8) is 0 Å². The van der Waals surface area contributed by atoms with Crippen molar-refractivity contribution in [3.8, 4) is 0 Å². The summed E-state index contributed by atoms with van der Waals surface area (Å²) in [5.74, 6) is 1.25. The summed E-state index contributed by atoms with van der Waals surface area (Å²) in [5.41, 5.74) is 6.56. The van der Waals surface area contributed by atoms with Crippen molar-refractivity contribution < 1.29 is 0 Å². The van der Waals surface area contributed by atoms with Crippen LogP contribution in [0.25, 0.3) is 11.2 Å². The molecule has 0 spiro atoms. The lowest BCUT2D eigenvalue weighted by Crippen LogP contribution is -2.01. The van der Waals surface area contributed by atoms with Gasteiger partial charge in [0.15, 0.2) is 17.0 Å². The molecule has 0 radical (unpaired) electrons. The average Bonchev–Trinajstić information content (AvgIpc) is 3.28. The fraction of sp³-hybridized carbons (Fsp3) is 0.294. The Hall–Kier alpha value is -2.47. The Morgan fingerprint density at radius 2 is 2.25 bits per heavy atom. The number of aromatic nitrogens is 4. The molecule has 2 heterocycles. The van der Waals surface area contributed by atoms with Crippen LogP contribution in [0, 0.1) is 12.8 Å². The van der Waals surface area contributed by atoms with Crippen molar-refractivity contribution in [1.29, 1.82) is 0 Å². The fourth-order valence-electron chi connectivity index (χ4n) is 2.63. The van der Waals surface area contributed by atoms with Gasteiger partial charge in [0.25, 0.3) is 0 Å². The minimum absolute atomic E-state index is 0.188. The average molecular weight is 341 g/mol. The molecular formula is C17H17ClN6. The van der Waals surface area contributed by atoms with Crippen LogP contribution >= 0.6 is 11.6 Å². The molecule has 6 nitrogen and oxygen atoms in total. The second kappa shape index (κ2) is 6.20. The molecular weight excluding hydrogens is 324 g/mol. The van der Waals surface area contributed by atoms with Gasteiger partial charge in [0.2, 0.25) is 5.28 Å². The van der Waals surface area contributed by atoms with Gasteiger partial charge in [-0.05, 0) is 42.8 Å². The normalized spacial score (nSPS) is 14.6. The number of benzene rings is 1. The van der Waals surface area contributed by atoms with Crippen LogP contribution in [0.15, 0.2) is 35.7 Å². The van der Waals surface area contributed by atoms with E-state index in [1.54, 1.807) is 12.5 Å². The third-order valence-electron chi connectivity index (χ3n) is 4.01. The second-order valence-electron chi connectivity index (χ2n) is 6.14. The minimum Gasteiger partial charge on any atom is -0.315 e. The van der Waals surface area contributed by atoms with E-state index in [4.69, 9.17) is 11.6 Å². The molecule has 1 aliphatic carbocycles. The number of hydrazone groups is 1. The molecule has 1 saturated carbocycles. The van der Waals surface area contributed by atoms with Crippen molar-refractivity contribution >= 4 is 34.8 Å². The number of nitrogens with zero attached hydrogens (tertiary/aromatic N) is 5. The molecule has 1 fully saturated rings. The van der Waals surface area contributed by atoms with Gasteiger partial charge in [-0.2, -0.15) is 15.1 Å². The highest BCUT2D eigenvalue weighted by Crippen LogP contribution is 2.32. The zero-order valence-corrected chi connectivity index (χ0v) is 14.0. The zero-order valence-electron chi connectivity index (χ0n) is 13.3. The lowest BCUT2D eigenvalue weighted by atomic mass is 10.2. The van der Waals surface area contributed by atoms with E-state index in [0.717, 1.165) is 23.7 Å². The largest absolute Gasteiger partial charge is 0.315 e. The van der Waals surface area contributed by atoms with Crippen LogP contribution in [0.4, 0.5) is 5.82 Å². The third-order valence-corrected chi connectivity index (χ3v) is 4.18. The number of hydrogen-bond donors (Lipinski definition) is 1. The van der Waals surface area contributed by atoms with Crippen LogP contribution in [-0.4, -0.2) is 25.7 Å². The second-order valence-corrected chi connectivity index (χ2v) is 6.48. The van der Waals surface area contributed by atoms with Gasteiger partial charge in [0.05, 0.1) is 12.5 Å². The van der Waals surface area contributed by atoms with E-state index in [-0.39, 0.29) is 5.28 Å². The Bertz CT molecular complexity index is 913. The van der Waals surface area contributed by atoms with Crippen LogP contribution in [-0.2, 0) is 6.54 Å². The first-order chi connectivity index (χ1) is 11.7. The summed E-state index contributed by atoms with van der Waals surface area (Å²) >= 11 is 6.07. The van der Waals surface area contributed by atoms with Gasteiger partial charge in [0.1, 0.15) is 0 Å². The number of rotatable bonds is 5. The number of nitrogens with one attached hydrogen (secondary N) is 1. The van der Waals surface area contributed by atoms with Crippen LogP contribution in [0.1, 0.15) is 24.0 Å². The number of fused-ring (bicyclic) bond motifs is 1. The number of halogens is 1. The van der Waals surface area contributed by atoms with E-state index in [0.29, 0.717) is 11.3 Å². The lowest BCUT2D eigenvalue weighted by molar-refractivity contribution is 0.638. The predicted octanol–water partition coefficient (Wildman–Crippen LogP) is 3.64. The van der Waals surface area contributed by atoms with Crippen LogP contribution in [0.3, 0.4) is 0 Å². The number of imidazole rings is 1. The molecule has 0 unspecified atom stereocenters. The van der Waals surface area contributed by atoms with E-state index >= 15 is 0 Å². The molecule has 24 heavy (non-hydrogen) atoms. The number of anilines is 1. The fourth-order valence-corrected chi connectivity index (χ4v) is 2.79. The van der Waals surface area contributed by atoms with Gasteiger partial charge in [-0.15, -0.1) is 0 Å². The van der Waals surface area contributed by atoms with E-state index < -0.39 is 0 Å². The zero-order chi connectivity index (χ0) is 16.5. The molecule has 0 bridgehead atoms. The monoisotopic (exact) mass is 340 g/mol. The molecule has 1 aliphatic rings. The summed E-state index contributed by atoms with van der Waals surface area (Å²) in [5, 5.41) is 4.44. The van der Waals surface area contributed by atoms with Crippen LogP contribution in [0.2, 0.25) is 5.28 Å². The van der Waals surface area contributed by atoms with Gasteiger partial charge >= 0.3 is 0 Å². The maximum atomic E-state index is 6.07. The van der Waals surface area contributed by atoms with Gasteiger partial charge in [-0.25, -0.2) is 4.98 Å². The van der Waals surface area contributed by atoms with E-state index in [1.807, 2.05) is 29.7 Å². The number of aryl methyl sites for hydroxylation is 1. The van der Waals surface area contributed by atoms with Gasteiger partial charge in [0, 0.05) is 6.54 Å². The molecule has 1 aromatic carbocycles. The van der Waals surface area contributed by atoms with Gasteiger partial charge in [-0.1, -0.05) is 29.8 Å². The molecule has 0 amide bonds. The van der Waals surface area contributed by atoms with E-state index in [1.165, 1.54) is 18.4 Å². The van der Waals surface area contributed by atoms with Crippen molar-refractivity contribution in [2.45, 2.75) is 26.3 Å². The highest BCUT2D eigenvalue weighted by Gasteiger charge is 2.23. The molecule has 2 aromatic heterocycles. The summed E-state index contributed by atoms with van der Waals surface area (Å²) in [6.07, 6.45) is 6.08. The predicted molar refractivity (Wildman–Crippen MR) is 95.5 cm³/mol. The highest BCUT2D eigenvalue weighted by molar-refractivity contribution is 6.28. The van der Waals surface area contributed by atoms with Gasteiger partial charge < -0.3 is 4.57 Å². The first-order valence-corrected chi connectivity index (χ1v) is 8.31. The number of hydrogen-bond acceptors (Lipinski definition) is 5. The smallest absolute Gasteiger partial charge is 0.226 e. The maximum Gasteiger partial charge on any atom is 0.226 e. The van der Waals surface area contributed by atoms with Crippen molar-refractivity contribution in [2.24, 2.45) is 11.0 Å². The molecule has 1 N–H and O–H groups in total. The van der Waals surface area contributed by atoms with Crippen LogP contribution < -0.4 is 5.43 Å². The molecule has 0 atom stereocenters. The maximum absolute atomic E-state index is 6.07. The summed E-state index contributed by atoms with van der Waals surface area (Å²) in [4.78, 5) is 13.0. The minimum atomic E-state index is 0.188. The summed E-state index contributed by atoms with van der Waals surface area (Å²) in [6, 6.07) is 8.09. The first kappa shape index (κ1) is 15.1. The van der Waals surface area contributed by atoms with Crippen molar-refractivity contribution in [3.05, 3.63) is 47.0 Å².